The summed E-state index contributed by atoms with van der Waals surface area (Å²) in [7, 11) is 0. The van der Waals surface area contributed by atoms with Gasteiger partial charge >= 0.3 is 0 Å². The zero-order chi connectivity index (χ0) is 16.2. The van der Waals surface area contributed by atoms with E-state index in [1.807, 2.05) is 0 Å². The van der Waals surface area contributed by atoms with Crippen LogP contribution in [0.5, 0.6) is 0 Å². The monoisotopic (exact) mass is 348 g/mol. The standard InChI is InChI=1S/C15H10Cl2N4O2/c16-9-3-1-4-10(14(9)17)18-12-6-7-13(21-20-12)19-15(22)11-5-2-8-23-11/h1-8H,(H,18,20)(H,19,21,22). The number of nitrogens with one attached hydrogen (secondary N) is 2. The van der Waals surface area contributed by atoms with Gasteiger partial charge in [0, 0.05) is 0 Å². The average molecular weight is 349 g/mol. The van der Waals surface area contributed by atoms with Crippen LogP contribution in [0.25, 0.3) is 0 Å². The van der Waals surface area contributed by atoms with Crippen molar-refractivity contribution in [1.82, 2.24) is 10.2 Å². The van der Waals surface area contributed by atoms with Crippen LogP contribution in [0.1, 0.15) is 10.6 Å². The molecule has 0 bridgehead atoms. The normalized spacial score (nSPS) is 10.3. The Balaban J connectivity index is 1.70. The summed E-state index contributed by atoms with van der Waals surface area (Å²) in [4.78, 5) is 11.8. The first-order valence-corrected chi connectivity index (χ1v) is 7.29. The van der Waals surface area contributed by atoms with Crippen LogP contribution >= 0.6 is 23.2 Å². The number of benzene rings is 1. The van der Waals surface area contributed by atoms with Crippen LogP contribution in [-0.4, -0.2) is 16.1 Å². The third kappa shape index (κ3) is 3.61. The van der Waals surface area contributed by atoms with Gasteiger partial charge in [0.15, 0.2) is 17.4 Å². The van der Waals surface area contributed by atoms with Crippen LogP contribution in [0.15, 0.2) is 53.1 Å². The highest BCUT2D eigenvalue weighted by atomic mass is 35.5. The van der Waals surface area contributed by atoms with Gasteiger partial charge in [0.2, 0.25) is 0 Å². The Hall–Kier alpha value is -2.57. The quantitative estimate of drug-likeness (QED) is 0.731. The van der Waals surface area contributed by atoms with E-state index >= 15 is 0 Å². The molecule has 0 atom stereocenters. The van der Waals surface area contributed by atoms with Crippen molar-refractivity contribution in [3.63, 3.8) is 0 Å². The van der Waals surface area contributed by atoms with Gasteiger partial charge in [0.1, 0.15) is 0 Å². The molecule has 0 saturated heterocycles. The van der Waals surface area contributed by atoms with Crippen molar-refractivity contribution in [1.29, 1.82) is 0 Å². The van der Waals surface area contributed by atoms with Gasteiger partial charge in [0.25, 0.3) is 5.91 Å². The number of hydrogen-bond donors (Lipinski definition) is 2. The van der Waals surface area contributed by atoms with E-state index in [4.69, 9.17) is 27.6 Å². The van der Waals surface area contributed by atoms with E-state index in [0.717, 1.165) is 0 Å². The second-order valence-corrected chi connectivity index (χ2v) is 5.25. The van der Waals surface area contributed by atoms with Crippen molar-refractivity contribution in [3.8, 4) is 0 Å². The predicted molar refractivity (Wildman–Crippen MR) is 88.4 cm³/mol. The zero-order valence-electron chi connectivity index (χ0n) is 11.6. The smallest absolute Gasteiger partial charge is 0.292 e. The van der Waals surface area contributed by atoms with Gasteiger partial charge in [-0.2, -0.15) is 0 Å². The minimum absolute atomic E-state index is 0.194. The van der Waals surface area contributed by atoms with Crippen LogP contribution < -0.4 is 10.6 Å². The summed E-state index contributed by atoms with van der Waals surface area (Å²) < 4.78 is 4.99. The van der Waals surface area contributed by atoms with Crippen LogP contribution in [0.2, 0.25) is 10.0 Å². The van der Waals surface area contributed by atoms with Crippen LogP contribution in [0, 0.1) is 0 Å². The molecule has 0 fully saturated rings. The number of carbonyl (C=O) groups is 1. The largest absolute Gasteiger partial charge is 0.459 e. The molecule has 23 heavy (non-hydrogen) atoms. The van der Waals surface area contributed by atoms with E-state index in [9.17, 15) is 4.79 Å². The lowest BCUT2D eigenvalue weighted by molar-refractivity contribution is 0.0996. The van der Waals surface area contributed by atoms with Crippen molar-refractivity contribution in [2.75, 3.05) is 10.6 Å². The van der Waals surface area contributed by atoms with Gasteiger partial charge in [-0.05, 0) is 36.4 Å². The lowest BCUT2D eigenvalue weighted by Gasteiger charge is -2.08. The molecule has 8 heteroatoms. The third-order valence-corrected chi connectivity index (χ3v) is 3.68. The maximum absolute atomic E-state index is 11.8. The van der Waals surface area contributed by atoms with Crippen LogP contribution in [0.4, 0.5) is 17.3 Å². The summed E-state index contributed by atoms with van der Waals surface area (Å²) in [6, 6.07) is 11.7. The number of anilines is 3. The number of furan rings is 1. The van der Waals surface area contributed by atoms with E-state index < -0.39 is 5.91 Å². The van der Waals surface area contributed by atoms with Gasteiger partial charge in [-0.25, -0.2) is 0 Å². The molecule has 3 aromatic rings. The lowest BCUT2D eigenvalue weighted by Crippen LogP contribution is -2.12. The second kappa shape index (κ2) is 6.68. The maximum atomic E-state index is 11.8. The fourth-order valence-corrected chi connectivity index (χ4v) is 2.14. The molecule has 2 heterocycles. The Morgan fingerprint density at radius 3 is 2.48 bits per heavy atom. The van der Waals surface area contributed by atoms with Crippen molar-refractivity contribution < 1.29 is 9.21 Å². The fraction of sp³-hybridized carbons (Fsp3) is 0. The highest BCUT2D eigenvalue weighted by Gasteiger charge is 2.10. The van der Waals surface area contributed by atoms with Crippen LogP contribution in [0.3, 0.4) is 0 Å². The molecule has 3 rings (SSSR count). The first-order valence-electron chi connectivity index (χ1n) is 6.53. The van der Waals surface area contributed by atoms with Crippen LogP contribution in [-0.2, 0) is 0 Å². The highest BCUT2D eigenvalue weighted by molar-refractivity contribution is 6.43. The topological polar surface area (TPSA) is 80.0 Å². The molecule has 1 aromatic carbocycles. The molecule has 0 unspecified atom stereocenters. The molecule has 0 aliphatic carbocycles. The Morgan fingerprint density at radius 1 is 1.00 bits per heavy atom. The molecule has 6 nitrogen and oxygen atoms in total. The molecule has 0 aliphatic heterocycles. The summed E-state index contributed by atoms with van der Waals surface area (Å²) in [5.41, 5.74) is 0.612. The van der Waals surface area contributed by atoms with E-state index in [1.54, 1.807) is 42.5 Å². The number of halogens is 2. The Labute approximate surface area is 141 Å². The number of amides is 1. The lowest BCUT2D eigenvalue weighted by atomic mass is 10.3. The van der Waals surface area contributed by atoms with Gasteiger partial charge in [0.05, 0.1) is 22.0 Å². The highest BCUT2D eigenvalue weighted by Crippen LogP contribution is 2.31. The average Bonchev–Trinajstić information content (AvgIpc) is 3.08. The van der Waals surface area contributed by atoms with Crippen molar-refractivity contribution in [2.45, 2.75) is 0 Å². The number of rotatable bonds is 4. The second-order valence-electron chi connectivity index (χ2n) is 4.46. The molecule has 0 spiro atoms. The molecule has 116 valence electrons. The Kier molecular flexibility index (Phi) is 4.45. The van der Waals surface area contributed by atoms with E-state index in [-0.39, 0.29) is 5.76 Å². The maximum Gasteiger partial charge on any atom is 0.292 e. The van der Waals surface area contributed by atoms with Gasteiger partial charge in [-0.3, -0.25) is 4.79 Å². The first kappa shape index (κ1) is 15.3. The van der Waals surface area contributed by atoms with Gasteiger partial charge in [-0.15, -0.1) is 10.2 Å². The molecule has 1 amide bonds. The molecule has 0 radical (unpaired) electrons. The fourth-order valence-electron chi connectivity index (χ4n) is 1.79. The summed E-state index contributed by atoms with van der Waals surface area (Å²) in [5.74, 6) is 0.557. The molecule has 2 N–H and O–H groups in total. The molecule has 2 aromatic heterocycles. The SMILES string of the molecule is O=C(Nc1ccc(Nc2cccc(Cl)c2Cl)nn1)c1ccco1. The molecule has 0 saturated carbocycles. The van der Waals surface area contributed by atoms with Crippen molar-refractivity contribution >= 4 is 46.4 Å². The number of aromatic nitrogens is 2. The summed E-state index contributed by atoms with van der Waals surface area (Å²) in [5, 5.41) is 14.3. The summed E-state index contributed by atoms with van der Waals surface area (Å²) in [6.45, 7) is 0. The van der Waals surface area contributed by atoms with Crippen molar-refractivity contribution in [2.24, 2.45) is 0 Å². The number of carbonyl (C=O) groups excluding carboxylic acids is 1. The number of nitrogens with zero attached hydrogens (tertiary/aromatic N) is 2. The molecular weight excluding hydrogens is 339 g/mol. The summed E-state index contributed by atoms with van der Waals surface area (Å²) >= 11 is 12.0. The molecule has 0 aliphatic rings. The minimum Gasteiger partial charge on any atom is -0.459 e. The third-order valence-electron chi connectivity index (χ3n) is 2.87. The minimum atomic E-state index is -0.400. The Morgan fingerprint density at radius 2 is 1.78 bits per heavy atom. The van der Waals surface area contributed by atoms with Gasteiger partial charge in [-0.1, -0.05) is 29.3 Å². The van der Waals surface area contributed by atoms with E-state index in [2.05, 4.69) is 20.8 Å². The van der Waals surface area contributed by atoms with E-state index in [0.29, 0.717) is 27.4 Å². The zero-order valence-corrected chi connectivity index (χ0v) is 13.1. The first-order chi connectivity index (χ1) is 11.1. The summed E-state index contributed by atoms with van der Waals surface area (Å²) in [6.07, 6.45) is 1.42. The molecular formula is C15H10Cl2N4O2. The van der Waals surface area contributed by atoms with Gasteiger partial charge < -0.3 is 15.1 Å². The van der Waals surface area contributed by atoms with E-state index in [1.165, 1.54) is 6.26 Å². The number of hydrogen-bond acceptors (Lipinski definition) is 5. The van der Waals surface area contributed by atoms with Crippen molar-refractivity contribution in [3.05, 3.63) is 64.5 Å². The predicted octanol–water partition coefficient (Wildman–Crippen LogP) is 4.37. The Bertz CT molecular complexity index is 820.